The van der Waals surface area contributed by atoms with Crippen molar-refractivity contribution in [2.75, 3.05) is 32.8 Å². The highest BCUT2D eigenvalue weighted by Gasteiger charge is 2.16. The number of rotatable bonds is 5. The number of hydrogen-bond donors (Lipinski definition) is 1. The van der Waals surface area contributed by atoms with Gasteiger partial charge in [-0.2, -0.15) is 0 Å². The van der Waals surface area contributed by atoms with E-state index in [4.69, 9.17) is 9.15 Å². The quantitative estimate of drug-likeness (QED) is 0.916. The Hall–Kier alpha value is -2.11. The summed E-state index contributed by atoms with van der Waals surface area (Å²) in [6.45, 7) is 3.48. The molecule has 1 aromatic carbocycles. The highest BCUT2D eigenvalue weighted by Crippen LogP contribution is 2.21. The maximum Gasteiger partial charge on any atom is 0.236 e. The molecule has 1 aliphatic heterocycles. The molecule has 1 saturated heterocycles. The van der Waals surface area contributed by atoms with E-state index in [1.807, 2.05) is 47.4 Å². The molecule has 5 heteroatoms. The second-order valence-corrected chi connectivity index (χ2v) is 5.23. The lowest BCUT2D eigenvalue weighted by Gasteiger charge is -2.26. The number of furan rings is 1. The second-order valence-electron chi connectivity index (χ2n) is 5.23. The lowest BCUT2D eigenvalue weighted by Crippen LogP contribution is -2.44. The fourth-order valence-electron chi connectivity index (χ4n) is 2.45. The van der Waals surface area contributed by atoms with E-state index in [9.17, 15) is 4.79 Å². The average molecular weight is 300 g/mol. The second kappa shape index (κ2) is 7.24. The monoisotopic (exact) mass is 300 g/mol. The number of morpholine rings is 1. The number of nitrogens with zero attached hydrogens (tertiary/aromatic N) is 1. The summed E-state index contributed by atoms with van der Waals surface area (Å²) in [5.74, 6) is 1.78. The van der Waals surface area contributed by atoms with Crippen molar-refractivity contribution in [3.8, 4) is 11.3 Å². The van der Waals surface area contributed by atoms with E-state index in [1.54, 1.807) is 0 Å². The summed E-state index contributed by atoms with van der Waals surface area (Å²) in [7, 11) is 0. The van der Waals surface area contributed by atoms with Crippen molar-refractivity contribution >= 4 is 5.91 Å². The van der Waals surface area contributed by atoms with Crippen LogP contribution in [-0.2, 0) is 16.1 Å². The minimum Gasteiger partial charge on any atom is -0.460 e. The highest BCUT2D eigenvalue weighted by atomic mass is 16.5. The van der Waals surface area contributed by atoms with Gasteiger partial charge < -0.3 is 19.4 Å². The predicted molar refractivity (Wildman–Crippen MR) is 83.2 cm³/mol. The van der Waals surface area contributed by atoms with Crippen molar-refractivity contribution in [3.63, 3.8) is 0 Å². The van der Waals surface area contributed by atoms with E-state index in [0.29, 0.717) is 39.4 Å². The van der Waals surface area contributed by atoms with E-state index >= 15 is 0 Å². The first-order valence-corrected chi connectivity index (χ1v) is 7.53. The third-order valence-electron chi connectivity index (χ3n) is 3.66. The molecule has 0 unspecified atom stereocenters. The Bertz CT molecular complexity index is 603. The summed E-state index contributed by atoms with van der Waals surface area (Å²) in [6, 6.07) is 13.9. The largest absolute Gasteiger partial charge is 0.460 e. The van der Waals surface area contributed by atoms with Crippen molar-refractivity contribution < 1.29 is 13.9 Å². The lowest BCUT2D eigenvalue weighted by molar-refractivity contribution is -0.134. The van der Waals surface area contributed by atoms with Gasteiger partial charge in [-0.25, -0.2) is 0 Å². The van der Waals surface area contributed by atoms with Gasteiger partial charge in [0.25, 0.3) is 0 Å². The van der Waals surface area contributed by atoms with Gasteiger partial charge >= 0.3 is 0 Å². The molecule has 1 aliphatic rings. The third kappa shape index (κ3) is 3.75. The normalized spacial score (nSPS) is 15.0. The first-order chi connectivity index (χ1) is 10.8. The van der Waals surface area contributed by atoms with E-state index in [1.165, 1.54) is 0 Å². The van der Waals surface area contributed by atoms with Crippen LogP contribution in [0.3, 0.4) is 0 Å². The summed E-state index contributed by atoms with van der Waals surface area (Å²) in [6.07, 6.45) is 0. The van der Waals surface area contributed by atoms with Gasteiger partial charge in [0, 0.05) is 18.7 Å². The third-order valence-corrected chi connectivity index (χ3v) is 3.66. The Balaban J connectivity index is 1.48. The Kier molecular flexibility index (Phi) is 4.88. The van der Waals surface area contributed by atoms with Gasteiger partial charge in [0.05, 0.1) is 26.3 Å². The molecule has 2 aromatic rings. The minimum absolute atomic E-state index is 0.109. The van der Waals surface area contributed by atoms with Crippen molar-refractivity contribution in [2.24, 2.45) is 0 Å². The average Bonchev–Trinajstić information content (AvgIpc) is 3.05. The molecule has 1 amide bonds. The summed E-state index contributed by atoms with van der Waals surface area (Å²) < 4.78 is 11.0. The molecule has 0 aliphatic carbocycles. The summed E-state index contributed by atoms with van der Waals surface area (Å²) in [5.41, 5.74) is 1.05. The molecule has 0 spiro atoms. The zero-order valence-corrected chi connectivity index (χ0v) is 12.5. The van der Waals surface area contributed by atoms with Crippen LogP contribution in [0.5, 0.6) is 0 Å². The molecule has 2 heterocycles. The molecule has 22 heavy (non-hydrogen) atoms. The molecule has 1 aromatic heterocycles. The Labute approximate surface area is 129 Å². The van der Waals surface area contributed by atoms with Gasteiger partial charge in [0.15, 0.2) is 0 Å². The Morgan fingerprint density at radius 1 is 1.09 bits per heavy atom. The van der Waals surface area contributed by atoms with E-state index in [0.717, 1.165) is 17.1 Å². The zero-order chi connectivity index (χ0) is 15.2. The van der Waals surface area contributed by atoms with E-state index in [2.05, 4.69) is 5.32 Å². The Morgan fingerprint density at radius 2 is 1.86 bits per heavy atom. The molecule has 0 saturated carbocycles. The number of amides is 1. The Morgan fingerprint density at radius 3 is 2.64 bits per heavy atom. The van der Waals surface area contributed by atoms with Crippen LogP contribution in [0.15, 0.2) is 46.9 Å². The number of benzene rings is 1. The van der Waals surface area contributed by atoms with Crippen LogP contribution in [0.2, 0.25) is 0 Å². The first kappa shape index (κ1) is 14.8. The van der Waals surface area contributed by atoms with Crippen molar-refractivity contribution in [3.05, 3.63) is 48.2 Å². The van der Waals surface area contributed by atoms with Crippen molar-refractivity contribution in [1.82, 2.24) is 10.2 Å². The van der Waals surface area contributed by atoms with Crippen LogP contribution < -0.4 is 5.32 Å². The SMILES string of the molecule is O=C(CNCc1ccc(-c2ccccc2)o1)N1CCOCC1. The van der Waals surface area contributed by atoms with Crippen LogP contribution in [0, 0.1) is 0 Å². The van der Waals surface area contributed by atoms with E-state index in [-0.39, 0.29) is 5.91 Å². The molecular formula is C17H20N2O3. The van der Waals surface area contributed by atoms with Gasteiger partial charge in [-0.3, -0.25) is 4.79 Å². The molecule has 3 rings (SSSR count). The van der Waals surface area contributed by atoms with Crippen molar-refractivity contribution in [2.45, 2.75) is 6.54 Å². The topological polar surface area (TPSA) is 54.7 Å². The molecular weight excluding hydrogens is 280 g/mol. The number of nitrogens with one attached hydrogen (secondary N) is 1. The molecule has 1 N–H and O–H groups in total. The number of hydrogen-bond acceptors (Lipinski definition) is 4. The van der Waals surface area contributed by atoms with Crippen LogP contribution >= 0.6 is 0 Å². The summed E-state index contributed by atoms with van der Waals surface area (Å²) in [4.78, 5) is 13.8. The minimum atomic E-state index is 0.109. The van der Waals surface area contributed by atoms with Crippen molar-refractivity contribution in [1.29, 1.82) is 0 Å². The fourth-order valence-corrected chi connectivity index (χ4v) is 2.45. The molecule has 116 valence electrons. The van der Waals surface area contributed by atoms with E-state index < -0.39 is 0 Å². The molecule has 0 radical (unpaired) electrons. The van der Waals surface area contributed by atoms with Crippen LogP contribution in [0.25, 0.3) is 11.3 Å². The molecule has 5 nitrogen and oxygen atoms in total. The number of carbonyl (C=O) groups excluding carboxylic acids is 1. The van der Waals surface area contributed by atoms with Gasteiger partial charge in [-0.1, -0.05) is 30.3 Å². The number of ether oxygens (including phenoxy) is 1. The first-order valence-electron chi connectivity index (χ1n) is 7.53. The van der Waals surface area contributed by atoms with Crippen LogP contribution in [0.4, 0.5) is 0 Å². The highest BCUT2D eigenvalue weighted by molar-refractivity contribution is 5.78. The fraction of sp³-hybridized carbons (Fsp3) is 0.353. The molecule has 1 fully saturated rings. The summed E-state index contributed by atoms with van der Waals surface area (Å²) >= 11 is 0. The zero-order valence-electron chi connectivity index (χ0n) is 12.5. The predicted octanol–water partition coefficient (Wildman–Crippen LogP) is 1.90. The van der Waals surface area contributed by atoms with Gasteiger partial charge in [0.1, 0.15) is 11.5 Å². The smallest absolute Gasteiger partial charge is 0.236 e. The van der Waals surface area contributed by atoms with Gasteiger partial charge in [0.2, 0.25) is 5.91 Å². The maximum absolute atomic E-state index is 12.0. The standard InChI is InChI=1S/C17H20N2O3/c20-17(19-8-10-21-11-9-19)13-18-12-15-6-7-16(22-15)14-4-2-1-3-5-14/h1-7,18H,8-13H2. The van der Waals surface area contributed by atoms with Gasteiger partial charge in [-0.05, 0) is 12.1 Å². The number of carbonyl (C=O) groups is 1. The maximum atomic E-state index is 12.0. The summed E-state index contributed by atoms with van der Waals surface area (Å²) in [5, 5.41) is 3.14. The van der Waals surface area contributed by atoms with Crippen LogP contribution in [0.1, 0.15) is 5.76 Å². The molecule has 0 atom stereocenters. The van der Waals surface area contributed by atoms with Gasteiger partial charge in [-0.15, -0.1) is 0 Å². The lowest BCUT2D eigenvalue weighted by atomic mass is 10.2. The molecule has 0 bridgehead atoms. The van der Waals surface area contributed by atoms with Crippen LogP contribution in [-0.4, -0.2) is 43.7 Å².